The number of esters is 1. The molecule has 0 aliphatic heterocycles. The molecule has 21 heteroatoms. The number of carbonyl (C=O) groups is 4. The summed E-state index contributed by atoms with van der Waals surface area (Å²) in [5.41, 5.74) is -0.509. The van der Waals surface area contributed by atoms with Crippen LogP contribution in [-0.4, -0.2) is 71.1 Å². The molecule has 1 fully saturated rings. The average molecular weight is 795 g/mol. The summed E-state index contributed by atoms with van der Waals surface area (Å²) in [5.74, 6) is -4.58. The molecule has 1 aliphatic rings. The summed E-state index contributed by atoms with van der Waals surface area (Å²) in [4.78, 5) is 62.2. The fraction of sp³-hybridized carbons (Fsp3) is 0.265. The standard InChI is InChI=1S/C34H29ClF6N8O6/c1-54-28(53)24(16-42-26(51)27(52)43-22-12-6-20(7-13-22)34(39,40)41)45-25(50)18-2-10-23(11-3-18)44-29-46-30(48-31(47-29)55-17-33(36,37)38)49-32(14-15-32)19-4-8-21(35)9-5-19/h2-13,24H,14-17H2,1H3,(H,42,51)(H,43,52)(H,45,50)(H2,44,46,47,48,49)/t24-/m0/s1. The van der Waals surface area contributed by atoms with Crippen LogP contribution in [0.2, 0.25) is 5.02 Å². The van der Waals surface area contributed by atoms with E-state index in [1.807, 2.05) is 0 Å². The van der Waals surface area contributed by atoms with Gasteiger partial charge in [0.1, 0.15) is 6.04 Å². The van der Waals surface area contributed by atoms with Crippen molar-refractivity contribution in [3.63, 3.8) is 0 Å². The number of benzene rings is 3. The van der Waals surface area contributed by atoms with Crippen LogP contribution in [0.3, 0.4) is 0 Å². The van der Waals surface area contributed by atoms with E-state index in [1.54, 1.807) is 24.3 Å². The third-order valence-corrected chi connectivity index (χ3v) is 8.07. The van der Waals surface area contributed by atoms with Gasteiger partial charge in [-0.2, -0.15) is 41.3 Å². The first-order chi connectivity index (χ1) is 25.9. The van der Waals surface area contributed by atoms with E-state index in [2.05, 4.69) is 46.3 Å². The zero-order valence-corrected chi connectivity index (χ0v) is 29.0. The number of aromatic nitrogens is 3. The van der Waals surface area contributed by atoms with E-state index in [9.17, 15) is 45.5 Å². The van der Waals surface area contributed by atoms with Crippen molar-refractivity contribution >= 4 is 58.6 Å². The second kappa shape index (κ2) is 16.5. The van der Waals surface area contributed by atoms with E-state index >= 15 is 0 Å². The van der Waals surface area contributed by atoms with E-state index < -0.39 is 72.3 Å². The van der Waals surface area contributed by atoms with Crippen LogP contribution in [0.25, 0.3) is 0 Å². The number of ether oxygens (including phenoxy) is 2. The van der Waals surface area contributed by atoms with Gasteiger partial charge in [0.2, 0.25) is 11.9 Å². The van der Waals surface area contributed by atoms with Gasteiger partial charge in [0.15, 0.2) is 6.61 Å². The number of nitrogens with one attached hydrogen (secondary N) is 5. The van der Waals surface area contributed by atoms with Gasteiger partial charge in [-0.15, -0.1) is 0 Å². The van der Waals surface area contributed by atoms with Crippen LogP contribution in [0.5, 0.6) is 6.01 Å². The fourth-order valence-corrected chi connectivity index (χ4v) is 5.02. The Morgan fingerprint density at radius 1 is 0.818 bits per heavy atom. The average Bonchev–Trinajstić information content (AvgIpc) is 3.92. The molecule has 4 aromatic rings. The van der Waals surface area contributed by atoms with Gasteiger partial charge in [0.25, 0.3) is 5.91 Å². The predicted molar refractivity (Wildman–Crippen MR) is 183 cm³/mol. The maximum atomic E-state index is 13.0. The Morgan fingerprint density at radius 3 is 2.02 bits per heavy atom. The summed E-state index contributed by atoms with van der Waals surface area (Å²) in [6.45, 7) is -2.26. The monoisotopic (exact) mass is 794 g/mol. The Balaban J connectivity index is 1.22. The maximum absolute atomic E-state index is 13.0. The van der Waals surface area contributed by atoms with Crippen LogP contribution in [0.15, 0.2) is 72.8 Å². The molecule has 5 N–H and O–H groups in total. The summed E-state index contributed by atoms with van der Waals surface area (Å²) in [6, 6.07) is 13.7. The molecule has 1 heterocycles. The van der Waals surface area contributed by atoms with Crippen molar-refractivity contribution in [2.75, 3.05) is 36.2 Å². The molecule has 1 saturated carbocycles. The van der Waals surface area contributed by atoms with Crippen LogP contribution in [-0.2, 0) is 30.8 Å². The number of halogens is 7. The van der Waals surface area contributed by atoms with Crippen LogP contribution in [0.4, 0.5) is 49.6 Å². The lowest BCUT2D eigenvalue weighted by atomic mass is 10.1. The number of amides is 3. The highest BCUT2D eigenvalue weighted by Crippen LogP contribution is 2.48. The topological polar surface area (TPSA) is 186 Å². The van der Waals surface area contributed by atoms with Gasteiger partial charge in [-0.05, 0) is 79.1 Å². The summed E-state index contributed by atoms with van der Waals surface area (Å²) < 4.78 is 86.6. The molecule has 1 aromatic heterocycles. The van der Waals surface area contributed by atoms with Crippen molar-refractivity contribution in [1.29, 1.82) is 0 Å². The first kappa shape index (κ1) is 40.0. The Morgan fingerprint density at radius 2 is 1.44 bits per heavy atom. The molecule has 0 saturated heterocycles. The van der Waals surface area contributed by atoms with Gasteiger partial charge in [0, 0.05) is 28.5 Å². The first-order valence-electron chi connectivity index (χ1n) is 16.0. The molecule has 3 amide bonds. The first-order valence-corrected chi connectivity index (χ1v) is 16.3. The van der Waals surface area contributed by atoms with Gasteiger partial charge >= 0.3 is 36.1 Å². The smallest absolute Gasteiger partial charge is 0.422 e. The number of hydrogen-bond donors (Lipinski definition) is 5. The van der Waals surface area contributed by atoms with Crippen molar-refractivity contribution in [2.45, 2.75) is 36.8 Å². The minimum atomic E-state index is -4.67. The summed E-state index contributed by atoms with van der Waals surface area (Å²) in [7, 11) is 1.02. The number of nitrogens with zero attached hydrogens (tertiary/aromatic N) is 3. The lowest BCUT2D eigenvalue weighted by molar-refractivity contribution is -0.154. The lowest BCUT2D eigenvalue weighted by Crippen LogP contribution is -2.50. The second-order valence-electron chi connectivity index (χ2n) is 11.9. The number of alkyl halides is 6. The third kappa shape index (κ3) is 11.2. The van der Waals surface area contributed by atoms with Crippen LogP contribution >= 0.6 is 11.6 Å². The van der Waals surface area contributed by atoms with E-state index in [0.29, 0.717) is 30.0 Å². The molecule has 55 heavy (non-hydrogen) atoms. The summed E-state index contributed by atoms with van der Waals surface area (Å²) in [5, 5.41) is 13.1. The third-order valence-electron chi connectivity index (χ3n) is 7.82. The molecule has 3 aromatic carbocycles. The minimum Gasteiger partial charge on any atom is -0.467 e. The van der Waals surface area contributed by atoms with Gasteiger partial charge in [-0.25, -0.2) is 4.79 Å². The number of carbonyl (C=O) groups excluding carboxylic acids is 4. The number of rotatable bonds is 13. The number of methoxy groups -OCH3 is 1. The highest BCUT2D eigenvalue weighted by molar-refractivity contribution is 6.39. The molecule has 0 spiro atoms. The summed E-state index contributed by atoms with van der Waals surface area (Å²) in [6.07, 6.45) is -7.92. The Labute approximate surface area is 312 Å². The molecule has 0 unspecified atom stereocenters. The molecule has 1 aliphatic carbocycles. The SMILES string of the molecule is COC(=O)[C@H](CNC(=O)C(=O)Nc1ccc(C(F)(F)F)cc1)NC(=O)c1ccc(Nc2nc(NC3(c4ccc(Cl)cc4)CC3)nc(OCC(F)(F)F)n2)cc1. The largest absolute Gasteiger partial charge is 0.467 e. The molecule has 5 rings (SSSR count). The molecule has 290 valence electrons. The van der Waals surface area contributed by atoms with Crippen molar-refractivity contribution in [3.8, 4) is 6.01 Å². The summed E-state index contributed by atoms with van der Waals surface area (Å²) >= 11 is 6.01. The zero-order chi connectivity index (χ0) is 40.0. The van der Waals surface area contributed by atoms with E-state index in [1.165, 1.54) is 24.3 Å². The Hall–Kier alpha value is -6.18. The predicted octanol–water partition coefficient (Wildman–Crippen LogP) is 5.36. The van der Waals surface area contributed by atoms with Gasteiger partial charge < -0.3 is 36.1 Å². The quantitative estimate of drug-likeness (QED) is 0.0667. The highest BCUT2D eigenvalue weighted by atomic mass is 35.5. The van der Waals surface area contributed by atoms with Gasteiger partial charge in [-0.1, -0.05) is 23.7 Å². The zero-order valence-electron chi connectivity index (χ0n) is 28.3. The molecule has 14 nitrogen and oxygen atoms in total. The molecule has 0 bridgehead atoms. The maximum Gasteiger partial charge on any atom is 0.422 e. The van der Waals surface area contributed by atoms with E-state index in [4.69, 9.17) is 16.3 Å². The van der Waals surface area contributed by atoms with Crippen LogP contribution in [0.1, 0.15) is 34.3 Å². The van der Waals surface area contributed by atoms with Crippen molar-refractivity contribution in [2.24, 2.45) is 0 Å². The van der Waals surface area contributed by atoms with E-state index in [-0.39, 0.29) is 28.8 Å². The van der Waals surface area contributed by atoms with Gasteiger partial charge in [-0.3, -0.25) is 14.4 Å². The van der Waals surface area contributed by atoms with Crippen molar-refractivity contribution in [1.82, 2.24) is 25.6 Å². The highest BCUT2D eigenvalue weighted by Gasteiger charge is 2.45. The fourth-order valence-electron chi connectivity index (χ4n) is 4.89. The van der Waals surface area contributed by atoms with Crippen molar-refractivity contribution < 1.29 is 55.0 Å². The molecule has 0 radical (unpaired) electrons. The molecule has 1 atom stereocenters. The van der Waals surface area contributed by atoms with Crippen molar-refractivity contribution in [3.05, 3.63) is 94.5 Å². The van der Waals surface area contributed by atoms with E-state index in [0.717, 1.165) is 24.8 Å². The lowest BCUT2D eigenvalue weighted by Gasteiger charge is -2.19. The normalized spacial score (nSPS) is 13.8. The molecular formula is C34H29ClF6N8O6. The Bertz CT molecular complexity index is 2030. The Kier molecular flexibility index (Phi) is 12.0. The van der Waals surface area contributed by atoms with Gasteiger partial charge in [0.05, 0.1) is 18.2 Å². The number of anilines is 4. The minimum absolute atomic E-state index is 0.0108. The number of hydrogen-bond acceptors (Lipinski definition) is 11. The van der Waals surface area contributed by atoms with Crippen LogP contribution < -0.4 is 31.3 Å². The second-order valence-corrected chi connectivity index (χ2v) is 12.3. The molecular weight excluding hydrogens is 766 g/mol. The van der Waals surface area contributed by atoms with Crippen LogP contribution in [0, 0.1) is 0 Å².